The van der Waals surface area contributed by atoms with Crippen LogP contribution in [0.4, 0.5) is 13.2 Å². The average Bonchev–Trinajstić information content (AvgIpc) is 2.33. The molecule has 18 heavy (non-hydrogen) atoms. The van der Waals surface area contributed by atoms with Gasteiger partial charge in [0, 0.05) is 13.3 Å². The van der Waals surface area contributed by atoms with Gasteiger partial charge in [0.15, 0.2) is 0 Å². The maximum Gasteiger partial charge on any atom is 0.417 e. The van der Waals surface area contributed by atoms with Gasteiger partial charge in [0.2, 0.25) is 0 Å². The van der Waals surface area contributed by atoms with Crippen molar-refractivity contribution in [3.63, 3.8) is 0 Å². The lowest BCUT2D eigenvalue weighted by atomic mass is 10.2. The maximum atomic E-state index is 12.2. The molecule has 0 spiro atoms. The highest BCUT2D eigenvalue weighted by Gasteiger charge is 2.30. The molecule has 0 saturated heterocycles. The van der Waals surface area contributed by atoms with Crippen LogP contribution in [-0.2, 0) is 15.8 Å². The van der Waals surface area contributed by atoms with E-state index in [4.69, 9.17) is 4.84 Å². The third-order valence-corrected chi connectivity index (χ3v) is 1.88. The Bertz CT molecular complexity index is 392. The second-order valence-corrected chi connectivity index (χ2v) is 3.20. The molecule has 1 aromatic rings. The van der Waals surface area contributed by atoms with Gasteiger partial charge in [-0.25, -0.2) is 5.48 Å². The van der Waals surface area contributed by atoms with Crippen LogP contribution in [0.25, 0.3) is 0 Å². The van der Waals surface area contributed by atoms with Crippen LogP contribution < -0.4 is 5.48 Å². The lowest BCUT2D eigenvalue weighted by Crippen LogP contribution is -2.26. The van der Waals surface area contributed by atoms with Crippen molar-refractivity contribution in [3.05, 3.63) is 29.6 Å². The van der Waals surface area contributed by atoms with E-state index in [1.807, 2.05) is 5.48 Å². The molecule has 1 heterocycles. The summed E-state index contributed by atoms with van der Waals surface area (Å²) in [6, 6.07) is 1.74. The zero-order chi connectivity index (χ0) is 13.6. The van der Waals surface area contributed by atoms with E-state index in [-0.39, 0.29) is 18.9 Å². The van der Waals surface area contributed by atoms with Crippen LogP contribution in [0.15, 0.2) is 18.3 Å². The van der Waals surface area contributed by atoms with Crippen LogP contribution in [0.3, 0.4) is 0 Å². The van der Waals surface area contributed by atoms with Gasteiger partial charge in [0.25, 0.3) is 5.91 Å². The lowest BCUT2D eigenvalue weighted by Gasteiger charge is -2.07. The standard InChI is InChI=1S/C10H11F3N2O3/c1-17-4-5-18-15-9(16)8-3-2-7(6-14-8)10(11,12)13/h2-3,6H,4-5H2,1H3,(H,15,16). The van der Waals surface area contributed by atoms with Crippen LogP contribution in [0.5, 0.6) is 0 Å². The highest BCUT2D eigenvalue weighted by atomic mass is 19.4. The molecular weight excluding hydrogens is 253 g/mol. The van der Waals surface area contributed by atoms with Crippen molar-refractivity contribution in [1.29, 1.82) is 0 Å². The number of alkyl halides is 3. The molecule has 0 aliphatic carbocycles. The van der Waals surface area contributed by atoms with E-state index < -0.39 is 17.6 Å². The zero-order valence-electron chi connectivity index (χ0n) is 9.45. The molecule has 0 aliphatic rings. The number of amides is 1. The smallest absolute Gasteiger partial charge is 0.382 e. The Hall–Kier alpha value is -1.67. The molecule has 1 N–H and O–H groups in total. The number of hydrogen-bond donors (Lipinski definition) is 1. The molecule has 0 bridgehead atoms. The largest absolute Gasteiger partial charge is 0.417 e. The van der Waals surface area contributed by atoms with Gasteiger partial charge in [0.05, 0.1) is 18.8 Å². The van der Waals surface area contributed by atoms with Crippen LogP contribution in [0.1, 0.15) is 16.1 Å². The van der Waals surface area contributed by atoms with Crippen LogP contribution >= 0.6 is 0 Å². The van der Waals surface area contributed by atoms with Gasteiger partial charge < -0.3 is 4.74 Å². The molecule has 5 nitrogen and oxygen atoms in total. The fraction of sp³-hybridized carbons (Fsp3) is 0.400. The zero-order valence-corrected chi connectivity index (χ0v) is 9.45. The SMILES string of the molecule is COCCONC(=O)c1ccc(C(F)(F)F)cn1. The van der Waals surface area contributed by atoms with E-state index in [1.54, 1.807) is 0 Å². The molecule has 0 atom stereocenters. The Balaban J connectivity index is 2.54. The number of carbonyl (C=O) groups excluding carboxylic acids is 1. The van der Waals surface area contributed by atoms with E-state index >= 15 is 0 Å². The maximum absolute atomic E-state index is 12.2. The molecule has 0 unspecified atom stereocenters. The Morgan fingerprint density at radius 1 is 1.39 bits per heavy atom. The molecule has 0 fully saturated rings. The van der Waals surface area contributed by atoms with Crippen molar-refractivity contribution in [2.75, 3.05) is 20.3 Å². The Labute approximate surface area is 101 Å². The lowest BCUT2D eigenvalue weighted by molar-refractivity contribution is -0.137. The van der Waals surface area contributed by atoms with E-state index in [0.29, 0.717) is 6.20 Å². The number of halogens is 3. The number of ether oxygens (including phenoxy) is 1. The van der Waals surface area contributed by atoms with Crippen LogP contribution in [0, 0.1) is 0 Å². The first-order chi connectivity index (χ1) is 8.45. The molecule has 0 aromatic carbocycles. The molecule has 0 aliphatic heterocycles. The number of methoxy groups -OCH3 is 1. The second-order valence-electron chi connectivity index (χ2n) is 3.20. The fourth-order valence-corrected chi connectivity index (χ4v) is 0.990. The summed E-state index contributed by atoms with van der Waals surface area (Å²) in [5.74, 6) is -0.722. The Kier molecular flexibility index (Phi) is 5.05. The number of hydrogen-bond acceptors (Lipinski definition) is 4. The number of hydroxylamine groups is 1. The van der Waals surface area contributed by atoms with Gasteiger partial charge in [0.1, 0.15) is 5.69 Å². The van der Waals surface area contributed by atoms with Gasteiger partial charge in [-0.05, 0) is 12.1 Å². The van der Waals surface area contributed by atoms with Crippen LogP contribution in [-0.4, -0.2) is 31.2 Å². The molecule has 0 radical (unpaired) electrons. The monoisotopic (exact) mass is 264 g/mol. The predicted octanol–water partition coefficient (Wildman–Crippen LogP) is 1.41. The summed E-state index contributed by atoms with van der Waals surface area (Å²) in [6.45, 7) is 0.406. The number of nitrogens with one attached hydrogen (secondary N) is 1. The van der Waals surface area contributed by atoms with Crippen LogP contribution in [0.2, 0.25) is 0 Å². The van der Waals surface area contributed by atoms with Crippen molar-refractivity contribution >= 4 is 5.91 Å². The molecule has 1 aromatic heterocycles. The first-order valence-electron chi connectivity index (χ1n) is 4.89. The third kappa shape index (κ3) is 4.30. The first kappa shape index (κ1) is 14.4. The minimum atomic E-state index is -4.48. The van der Waals surface area contributed by atoms with Gasteiger partial charge >= 0.3 is 6.18 Å². The molecular formula is C10H11F3N2O3. The first-order valence-corrected chi connectivity index (χ1v) is 4.89. The molecule has 1 rings (SSSR count). The fourth-order valence-electron chi connectivity index (χ4n) is 0.990. The number of nitrogens with zero attached hydrogens (tertiary/aromatic N) is 1. The van der Waals surface area contributed by atoms with Gasteiger partial charge in [-0.2, -0.15) is 13.2 Å². The van der Waals surface area contributed by atoms with Crippen molar-refractivity contribution in [3.8, 4) is 0 Å². The van der Waals surface area contributed by atoms with Crippen molar-refractivity contribution in [2.24, 2.45) is 0 Å². The molecule has 1 amide bonds. The molecule has 0 saturated carbocycles. The summed E-state index contributed by atoms with van der Waals surface area (Å²) in [7, 11) is 1.46. The Morgan fingerprint density at radius 2 is 2.11 bits per heavy atom. The molecule has 8 heteroatoms. The van der Waals surface area contributed by atoms with Crippen molar-refractivity contribution < 1.29 is 27.5 Å². The summed E-state index contributed by atoms with van der Waals surface area (Å²) in [5, 5.41) is 0. The van der Waals surface area contributed by atoms with E-state index in [9.17, 15) is 18.0 Å². The normalized spacial score (nSPS) is 11.3. The van der Waals surface area contributed by atoms with Gasteiger partial charge in [-0.1, -0.05) is 0 Å². The minimum Gasteiger partial charge on any atom is -0.382 e. The average molecular weight is 264 g/mol. The van der Waals surface area contributed by atoms with Gasteiger partial charge in [-0.15, -0.1) is 0 Å². The van der Waals surface area contributed by atoms with Crippen molar-refractivity contribution in [2.45, 2.75) is 6.18 Å². The summed E-state index contributed by atoms with van der Waals surface area (Å²) in [6.07, 6.45) is -3.89. The Morgan fingerprint density at radius 3 is 2.61 bits per heavy atom. The highest BCUT2D eigenvalue weighted by molar-refractivity contribution is 5.91. The quantitative estimate of drug-likeness (QED) is 0.645. The summed E-state index contributed by atoms with van der Waals surface area (Å²) in [4.78, 5) is 19.4. The number of pyridine rings is 1. The highest BCUT2D eigenvalue weighted by Crippen LogP contribution is 2.28. The summed E-state index contributed by atoms with van der Waals surface area (Å²) in [5.41, 5.74) is 0.946. The predicted molar refractivity (Wildman–Crippen MR) is 54.5 cm³/mol. The summed E-state index contributed by atoms with van der Waals surface area (Å²) >= 11 is 0. The third-order valence-electron chi connectivity index (χ3n) is 1.88. The topological polar surface area (TPSA) is 60.5 Å². The molecule has 100 valence electrons. The van der Waals surface area contributed by atoms with E-state index in [2.05, 4.69) is 9.72 Å². The van der Waals surface area contributed by atoms with Crippen molar-refractivity contribution in [1.82, 2.24) is 10.5 Å². The number of aromatic nitrogens is 1. The number of rotatable bonds is 5. The van der Waals surface area contributed by atoms with Gasteiger partial charge in [-0.3, -0.25) is 14.6 Å². The van der Waals surface area contributed by atoms with E-state index in [0.717, 1.165) is 12.1 Å². The second kappa shape index (κ2) is 6.31. The summed E-state index contributed by atoms with van der Waals surface area (Å²) < 4.78 is 41.4. The minimum absolute atomic E-state index is 0.128. The van der Waals surface area contributed by atoms with E-state index in [1.165, 1.54) is 7.11 Å². The number of carbonyl (C=O) groups is 1.